The molecule has 0 aliphatic heterocycles. The molecule has 17 heavy (non-hydrogen) atoms. The molecule has 2 unspecified atom stereocenters. The Morgan fingerprint density at radius 2 is 1.88 bits per heavy atom. The van der Waals surface area contributed by atoms with Crippen molar-refractivity contribution in [1.29, 1.82) is 0 Å². The van der Waals surface area contributed by atoms with E-state index in [2.05, 4.69) is 24.3 Å². The lowest BCUT2D eigenvalue weighted by Crippen LogP contribution is -2.45. The predicted molar refractivity (Wildman–Crippen MR) is 68.8 cm³/mol. The van der Waals surface area contributed by atoms with Gasteiger partial charge >= 0.3 is 6.03 Å². The van der Waals surface area contributed by atoms with E-state index in [0.717, 1.165) is 12.8 Å². The fourth-order valence-corrected chi connectivity index (χ4v) is 2.83. The number of urea groups is 1. The first-order valence-electron chi connectivity index (χ1n) is 6.27. The highest BCUT2D eigenvalue weighted by Crippen LogP contribution is 2.35. The smallest absolute Gasteiger partial charge is 0.314 e. The van der Waals surface area contributed by atoms with Crippen LogP contribution in [0.15, 0.2) is 30.3 Å². The summed E-state index contributed by atoms with van der Waals surface area (Å²) in [6.45, 7) is 0. The van der Waals surface area contributed by atoms with Gasteiger partial charge < -0.3 is 10.6 Å². The van der Waals surface area contributed by atoms with E-state index in [1.54, 1.807) is 4.90 Å². The van der Waals surface area contributed by atoms with Crippen LogP contribution in [-0.4, -0.2) is 24.0 Å². The van der Waals surface area contributed by atoms with Gasteiger partial charge in [-0.2, -0.15) is 0 Å². The van der Waals surface area contributed by atoms with Gasteiger partial charge in [-0.05, 0) is 18.4 Å². The van der Waals surface area contributed by atoms with Crippen LogP contribution in [0.5, 0.6) is 0 Å². The molecular weight excluding hydrogens is 212 g/mol. The number of rotatable bonds is 2. The number of nitrogens with two attached hydrogens (primary N) is 1. The van der Waals surface area contributed by atoms with E-state index in [9.17, 15) is 4.79 Å². The molecule has 2 rings (SSSR count). The van der Waals surface area contributed by atoms with Gasteiger partial charge in [0.2, 0.25) is 0 Å². The summed E-state index contributed by atoms with van der Waals surface area (Å²) >= 11 is 0. The summed E-state index contributed by atoms with van der Waals surface area (Å²) in [4.78, 5) is 13.0. The Morgan fingerprint density at radius 3 is 2.53 bits per heavy atom. The highest BCUT2D eigenvalue weighted by molar-refractivity contribution is 5.72. The predicted octanol–water partition coefficient (Wildman–Crippen LogP) is 2.72. The van der Waals surface area contributed by atoms with Gasteiger partial charge in [-0.3, -0.25) is 0 Å². The zero-order valence-corrected chi connectivity index (χ0v) is 10.3. The molecule has 0 bridgehead atoms. The Hall–Kier alpha value is -1.51. The molecule has 3 heteroatoms. The standard InChI is InChI=1S/C14H20N2O/c1-16(14(15)17)13-10-6-5-9-12(13)11-7-3-2-4-8-11/h2-4,7-8,12-13H,5-6,9-10H2,1H3,(H2,15,17). The van der Waals surface area contributed by atoms with Crippen molar-refractivity contribution in [2.45, 2.75) is 37.6 Å². The number of amides is 2. The van der Waals surface area contributed by atoms with E-state index < -0.39 is 0 Å². The summed E-state index contributed by atoms with van der Waals surface area (Å²) in [6.07, 6.45) is 4.62. The average molecular weight is 232 g/mol. The van der Waals surface area contributed by atoms with Crippen LogP contribution in [0.2, 0.25) is 0 Å². The van der Waals surface area contributed by atoms with Gasteiger partial charge in [0, 0.05) is 19.0 Å². The Morgan fingerprint density at radius 1 is 1.24 bits per heavy atom. The minimum absolute atomic E-state index is 0.253. The second-order valence-corrected chi connectivity index (χ2v) is 4.82. The largest absolute Gasteiger partial charge is 0.351 e. The zero-order valence-electron chi connectivity index (χ0n) is 10.3. The molecule has 1 saturated carbocycles. The molecule has 1 fully saturated rings. The normalized spacial score (nSPS) is 24.3. The lowest BCUT2D eigenvalue weighted by molar-refractivity contribution is 0.170. The van der Waals surface area contributed by atoms with E-state index in [1.807, 2.05) is 13.1 Å². The number of carbonyl (C=O) groups excluding carboxylic acids is 1. The van der Waals surface area contributed by atoms with E-state index in [4.69, 9.17) is 5.73 Å². The molecule has 1 aromatic rings. The number of primary amides is 1. The van der Waals surface area contributed by atoms with Gasteiger partial charge in [0.1, 0.15) is 0 Å². The maximum atomic E-state index is 11.3. The van der Waals surface area contributed by atoms with Crippen LogP contribution in [0.25, 0.3) is 0 Å². The monoisotopic (exact) mass is 232 g/mol. The number of nitrogens with zero attached hydrogens (tertiary/aromatic N) is 1. The lowest BCUT2D eigenvalue weighted by Gasteiger charge is -2.37. The molecule has 2 atom stereocenters. The van der Waals surface area contributed by atoms with Crippen LogP contribution in [0.1, 0.15) is 37.2 Å². The fourth-order valence-electron chi connectivity index (χ4n) is 2.83. The van der Waals surface area contributed by atoms with Crippen molar-refractivity contribution in [3.63, 3.8) is 0 Å². The van der Waals surface area contributed by atoms with Crippen LogP contribution in [0, 0.1) is 0 Å². The van der Waals surface area contributed by atoms with Gasteiger partial charge in [-0.1, -0.05) is 43.2 Å². The Bertz CT molecular complexity index is 377. The molecule has 2 N–H and O–H groups in total. The van der Waals surface area contributed by atoms with Crippen LogP contribution < -0.4 is 5.73 Å². The first-order valence-corrected chi connectivity index (χ1v) is 6.27. The zero-order chi connectivity index (χ0) is 12.3. The quantitative estimate of drug-likeness (QED) is 0.837. The molecule has 0 spiro atoms. The third-order valence-corrected chi connectivity index (χ3v) is 3.80. The van der Waals surface area contributed by atoms with E-state index in [-0.39, 0.29) is 12.1 Å². The molecule has 2 amide bonds. The summed E-state index contributed by atoms with van der Waals surface area (Å²) in [5.74, 6) is 0.433. The van der Waals surface area contributed by atoms with Gasteiger partial charge in [0.25, 0.3) is 0 Å². The molecule has 1 aliphatic rings. The topological polar surface area (TPSA) is 46.3 Å². The van der Waals surface area contributed by atoms with E-state index >= 15 is 0 Å². The SMILES string of the molecule is CN(C(N)=O)C1CCCCC1c1ccccc1. The third-order valence-electron chi connectivity index (χ3n) is 3.80. The van der Waals surface area contributed by atoms with Crippen molar-refractivity contribution in [3.8, 4) is 0 Å². The molecule has 1 aromatic carbocycles. The van der Waals surface area contributed by atoms with Crippen molar-refractivity contribution >= 4 is 6.03 Å². The van der Waals surface area contributed by atoms with Crippen molar-refractivity contribution in [2.24, 2.45) is 5.73 Å². The molecule has 3 nitrogen and oxygen atoms in total. The Labute approximate surface area is 103 Å². The van der Waals surface area contributed by atoms with E-state index in [0.29, 0.717) is 5.92 Å². The van der Waals surface area contributed by atoms with Crippen LogP contribution in [-0.2, 0) is 0 Å². The summed E-state index contributed by atoms with van der Waals surface area (Å²) in [6, 6.07) is 10.4. The molecule has 0 aromatic heterocycles. The molecule has 0 saturated heterocycles. The van der Waals surface area contributed by atoms with E-state index in [1.165, 1.54) is 18.4 Å². The summed E-state index contributed by atoms with van der Waals surface area (Å²) < 4.78 is 0. The van der Waals surface area contributed by atoms with Crippen LogP contribution >= 0.6 is 0 Å². The highest BCUT2D eigenvalue weighted by atomic mass is 16.2. The molecule has 1 aliphatic carbocycles. The van der Waals surface area contributed by atoms with Crippen molar-refractivity contribution in [3.05, 3.63) is 35.9 Å². The van der Waals surface area contributed by atoms with Gasteiger partial charge in [-0.15, -0.1) is 0 Å². The molecule has 0 radical (unpaired) electrons. The fraction of sp³-hybridized carbons (Fsp3) is 0.500. The number of hydrogen-bond donors (Lipinski definition) is 1. The lowest BCUT2D eigenvalue weighted by atomic mass is 9.79. The van der Waals surface area contributed by atoms with Crippen molar-refractivity contribution in [1.82, 2.24) is 4.90 Å². The Balaban J connectivity index is 2.21. The van der Waals surface area contributed by atoms with Crippen LogP contribution in [0.3, 0.4) is 0 Å². The highest BCUT2D eigenvalue weighted by Gasteiger charge is 2.30. The van der Waals surface area contributed by atoms with Gasteiger partial charge in [-0.25, -0.2) is 4.79 Å². The van der Waals surface area contributed by atoms with Gasteiger partial charge in [0.05, 0.1) is 0 Å². The molecule has 92 valence electrons. The molecular formula is C14H20N2O. The number of hydrogen-bond acceptors (Lipinski definition) is 1. The summed E-state index contributed by atoms with van der Waals surface area (Å²) in [5.41, 5.74) is 6.72. The second-order valence-electron chi connectivity index (χ2n) is 4.82. The number of benzene rings is 1. The minimum Gasteiger partial charge on any atom is -0.351 e. The number of carbonyl (C=O) groups is 1. The van der Waals surface area contributed by atoms with Crippen molar-refractivity contribution < 1.29 is 4.79 Å². The maximum Gasteiger partial charge on any atom is 0.314 e. The summed E-state index contributed by atoms with van der Waals surface area (Å²) in [7, 11) is 1.81. The van der Waals surface area contributed by atoms with Crippen molar-refractivity contribution in [2.75, 3.05) is 7.05 Å². The van der Waals surface area contributed by atoms with Crippen LogP contribution in [0.4, 0.5) is 4.79 Å². The maximum absolute atomic E-state index is 11.3. The minimum atomic E-state index is -0.321. The third kappa shape index (κ3) is 2.60. The Kier molecular flexibility index (Phi) is 3.67. The second kappa shape index (κ2) is 5.21. The average Bonchev–Trinajstić information content (AvgIpc) is 2.39. The van der Waals surface area contributed by atoms with Gasteiger partial charge in [0.15, 0.2) is 0 Å². The first-order chi connectivity index (χ1) is 8.20. The first kappa shape index (κ1) is 12.0. The molecule has 0 heterocycles. The number of likely N-dealkylation sites (N-methyl/N-ethyl adjacent to an activating group) is 1. The summed E-state index contributed by atoms with van der Waals surface area (Å²) in [5, 5.41) is 0.